The Hall–Kier alpha value is -2.33. The third-order valence-electron chi connectivity index (χ3n) is 5.11. The van der Waals surface area contributed by atoms with Gasteiger partial charge in [0, 0.05) is 22.7 Å². The predicted molar refractivity (Wildman–Crippen MR) is 116 cm³/mol. The molecule has 29 heavy (non-hydrogen) atoms. The number of nitrogens with one attached hydrogen (secondary N) is 2. The molecule has 0 radical (unpaired) electrons. The molecule has 1 aromatic heterocycles. The van der Waals surface area contributed by atoms with Gasteiger partial charge in [0.2, 0.25) is 5.91 Å². The Morgan fingerprint density at radius 1 is 1.24 bits per heavy atom. The van der Waals surface area contributed by atoms with Gasteiger partial charge in [-0.25, -0.2) is 8.42 Å². The van der Waals surface area contributed by atoms with Crippen LogP contribution in [0, 0.1) is 20.8 Å². The SMILES string of the molecule is Cc1cc(NC(=O)CN(C2=N[C@@H]3CS(=O)(=O)C[C@@H]3S2)c2ccc(C)c(C)c2)n[nH]1. The number of amidine groups is 1. The zero-order valence-electron chi connectivity index (χ0n) is 16.5. The second-order valence-corrected chi connectivity index (χ2v) is 10.9. The van der Waals surface area contributed by atoms with Crippen molar-refractivity contribution >= 4 is 44.2 Å². The zero-order chi connectivity index (χ0) is 20.8. The van der Waals surface area contributed by atoms with Crippen molar-refractivity contribution < 1.29 is 13.2 Å². The van der Waals surface area contributed by atoms with Crippen LogP contribution in [0.3, 0.4) is 0 Å². The maximum absolute atomic E-state index is 12.7. The molecule has 1 saturated heterocycles. The lowest BCUT2D eigenvalue weighted by Gasteiger charge is -2.24. The first-order valence-corrected chi connectivity index (χ1v) is 12.0. The Kier molecular flexibility index (Phi) is 5.16. The standard InChI is InChI=1S/C19H23N5O3S2/c1-11-4-5-14(6-12(11)2)24(8-18(25)21-17-7-13(3)22-23-17)19-20-15-9-29(26,27)10-16(15)28-19/h4-7,15-16H,8-10H2,1-3H3,(H2,21,22,23,25)/t15-,16+/m1/s1. The van der Waals surface area contributed by atoms with E-state index in [-0.39, 0.29) is 35.2 Å². The van der Waals surface area contributed by atoms with E-state index in [0.717, 1.165) is 22.5 Å². The van der Waals surface area contributed by atoms with Gasteiger partial charge >= 0.3 is 0 Å². The molecule has 0 saturated carbocycles. The number of H-pyrrole nitrogens is 1. The van der Waals surface area contributed by atoms with E-state index in [4.69, 9.17) is 0 Å². The minimum absolute atomic E-state index is 0.0619. The van der Waals surface area contributed by atoms with Gasteiger partial charge in [-0.1, -0.05) is 17.8 Å². The van der Waals surface area contributed by atoms with Crippen LogP contribution in [0.4, 0.5) is 11.5 Å². The highest BCUT2D eigenvalue weighted by atomic mass is 32.2. The lowest BCUT2D eigenvalue weighted by Crippen LogP contribution is -2.36. The van der Waals surface area contributed by atoms with E-state index >= 15 is 0 Å². The quantitative estimate of drug-likeness (QED) is 0.764. The number of anilines is 2. The number of aliphatic imine (C=N–C) groups is 1. The van der Waals surface area contributed by atoms with E-state index < -0.39 is 9.84 Å². The summed E-state index contributed by atoms with van der Waals surface area (Å²) in [7, 11) is -3.03. The smallest absolute Gasteiger partial charge is 0.245 e. The molecule has 0 unspecified atom stereocenters. The fourth-order valence-electron chi connectivity index (χ4n) is 3.44. The van der Waals surface area contributed by atoms with Crippen LogP contribution in [-0.2, 0) is 14.6 Å². The van der Waals surface area contributed by atoms with Crippen molar-refractivity contribution in [1.82, 2.24) is 10.2 Å². The molecule has 1 fully saturated rings. The van der Waals surface area contributed by atoms with E-state index in [0.29, 0.717) is 11.0 Å². The van der Waals surface area contributed by atoms with Crippen LogP contribution < -0.4 is 10.2 Å². The number of nitrogens with zero attached hydrogens (tertiary/aromatic N) is 3. The molecular weight excluding hydrogens is 410 g/mol. The van der Waals surface area contributed by atoms with E-state index in [2.05, 4.69) is 20.5 Å². The predicted octanol–water partition coefficient (Wildman–Crippen LogP) is 2.05. The van der Waals surface area contributed by atoms with Crippen molar-refractivity contribution in [2.75, 3.05) is 28.3 Å². The summed E-state index contributed by atoms with van der Waals surface area (Å²) in [6, 6.07) is 7.51. The molecule has 2 atom stereocenters. The number of aromatic nitrogens is 2. The largest absolute Gasteiger partial charge is 0.312 e. The Labute approximate surface area is 174 Å². The number of benzene rings is 1. The van der Waals surface area contributed by atoms with Crippen molar-refractivity contribution in [1.29, 1.82) is 0 Å². The molecule has 1 amide bonds. The number of amides is 1. The first kappa shape index (κ1) is 20.0. The Morgan fingerprint density at radius 2 is 2.03 bits per heavy atom. The number of thioether (sulfide) groups is 1. The molecule has 2 aliphatic heterocycles. The molecule has 1 aromatic carbocycles. The minimum atomic E-state index is -3.03. The van der Waals surface area contributed by atoms with Gasteiger partial charge in [0.1, 0.15) is 6.54 Å². The Balaban J connectivity index is 1.59. The number of fused-ring (bicyclic) bond motifs is 1. The van der Waals surface area contributed by atoms with E-state index in [1.54, 1.807) is 6.07 Å². The van der Waals surface area contributed by atoms with Crippen LogP contribution in [-0.4, -0.2) is 59.0 Å². The van der Waals surface area contributed by atoms with Gasteiger partial charge in [-0.15, -0.1) is 0 Å². The average molecular weight is 434 g/mol. The number of carbonyl (C=O) groups is 1. The fourth-order valence-corrected chi connectivity index (χ4v) is 7.22. The number of aryl methyl sites for hydroxylation is 3. The van der Waals surface area contributed by atoms with Crippen LogP contribution >= 0.6 is 11.8 Å². The fraction of sp³-hybridized carbons (Fsp3) is 0.421. The summed E-state index contributed by atoms with van der Waals surface area (Å²) in [4.78, 5) is 19.2. The normalized spacial score (nSPS) is 22.2. The van der Waals surface area contributed by atoms with E-state index in [9.17, 15) is 13.2 Å². The third kappa shape index (κ3) is 4.32. The summed E-state index contributed by atoms with van der Waals surface area (Å²) in [5.74, 6) is 0.460. The maximum Gasteiger partial charge on any atom is 0.245 e. The highest BCUT2D eigenvalue weighted by Crippen LogP contribution is 2.37. The number of rotatable bonds is 4. The van der Waals surface area contributed by atoms with Crippen molar-refractivity contribution in [3.8, 4) is 0 Å². The molecule has 0 spiro atoms. The summed E-state index contributed by atoms with van der Waals surface area (Å²) in [5.41, 5.74) is 3.99. The molecular formula is C19H23N5O3S2. The lowest BCUT2D eigenvalue weighted by molar-refractivity contribution is -0.114. The minimum Gasteiger partial charge on any atom is -0.312 e. The monoisotopic (exact) mass is 433 g/mol. The summed E-state index contributed by atoms with van der Waals surface area (Å²) < 4.78 is 23.8. The topological polar surface area (TPSA) is 108 Å². The number of hydrogen-bond acceptors (Lipinski definition) is 7. The van der Waals surface area contributed by atoms with Crippen molar-refractivity contribution in [3.05, 3.63) is 41.1 Å². The van der Waals surface area contributed by atoms with Crippen LogP contribution in [0.15, 0.2) is 29.3 Å². The molecule has 154 valence electrons. The second-order valence-electron chi connectivity index (χ2n) is 7.55. The number of aromatic amines is 1. The summed E-state index contributed by atoms with van der Waals surface area (Å²) in [6.45, 7) is 5.98. The molecule has 10 heteroatoms. The van der Waals surface area contributed by atoms with Gasteiger partial charge in [0.15, 0.2) is 20.8 Å². The third-order valence-corrected chi connectivity index (χ3v) is 8.36. The summed E-state index contributed by atoms with van der Waals surface area (Å²) in [5, 5.41) is 10.2. The second kappa shape index (κ2) is 7.49. The molecule has 2 aliphatic rings. The number of carbonyl (C=O) groups excluding carboxylic acids is 1. The number of hydrogen-bond donors (Lipinski definition) is 2. The Morgan fingerprint density at radius 3 is 2.69 bits per heavy atom. The first-order valence-electron chi connectivity index (χ1n) is 9.32. The van der Waals surface area contributed by atoms with Crippen LogP contribution in [0.5, 0.6) is 0 Å². The number of sulfone groups is 1. The van der Waals surface area contributed by atoms with Gasteiger partial charge in [-0.3, -0.25) is 14.9 Å². The van der Waals surface area contributed by atoms with Crippen LogP contribution in [0.2, 0.25) is 0 Å². The average Bonchev–Trinajstić information content (AvgIpc) is 3.27. The van der Waals surface area contributed by atoms with Crippen molar-refractivity contribution in [2.24, 2.45) is 4.99 Å². The highest BCUT2D eigenvalue weighted by molar-refractivity contribution is 8.15. The van der Waals surface area contributed by atoms with Gasteiger partial charge < -0.3 is 10.2 Å². The summed E-state index contributed by atoms with van der Waals surface area (Å²) >= 11 is 1.44. The Bertz CT molecular complexity index is 1090. The van der Waals surface area contributed by atoms with Gasteiger partial charge in [0.25, 0.3) is 0 Å². The molecule has 3 heterocycles. The molecule has 0 bridgehead atoms. The highest BCUT2D eigenvalue weighted by Gasteiger charge is 2.44. The summed E-state index contributed by atoms with van der Waals surface area (Å²) in [6.07, 6.45) is 0. The molecule has 2 aromatic rings. The first-order chi connectivity index (χ1) is 13.7. The van der Waals surface area contributed by atoms with Crippen LogP contribution in [0.25, 0.3) is 0 Å². The molecule has 4 rings (SSSR count). The molecule has 2 N–H and O–H groups in total. The molecule has 0 aliphatic carbocycles. The van der Waals surface area contributed by atoms with Gasteiger partial charge in [0.05, 0.1) is 17.5 Å². The van der Waals surface area contributed by atoms with Crippen molar-refractivity contribution in [3.63, 3.8) is 0 Å². The van der Waals surface area contributed by atoms with Gasteiger partial charge in [-0.2, -0.15) is 5.10 Å². The van der Waals surface area contributed by atoms with E-state index in [1.165, 1.54) is 11.8 Å². The van der Waals surface area contributed by atoms with E-state index in [1.807, 2.05) is 43.9 Å². The lowest BCUT2D eigenvalue weighted by atomic mass is 10.1. The molecule has 8 nitrogen and oxygen atoms in total. The van der Waals surface area contributed by atoms with Crippen molar-refractivity contribution in [2.45, 2.75) is 32.1 Å². The van der Waals surface area contributed by atoms with Crippen LogP contribution in [0.1, 0.15) is 16.8 Å². The van der Waals surface area contributed by atoms with Gasteiger partial charge in [-0.05, 0) is 44.0 Å². The maximum atomic E-state index is 12.7. The zero-order valence-corrected chi connectivity index (χ0v) is 18.1.